The Labute approximate surface area is 174 Å². The molecule has 2 unspecified atom stereocenters. The Kier molecular flexibility index (Phi) is 8.34. The van der Waals surface area contributed by atoms with Crippen LogP contribution >= 0.6 is 0 Å². The van der Waals surface area contributed by atoms with Crippen molar-refractivity contribution >= 4 is 0 Å². The van der Waals surface area contributed by atoms with E-state index in [9.17, 15) is 14.0 Å². The van der Waals surface area contributed by atoms with Crippen LogP contribution in [0.15, 0.2) is 48.5 Å². The maximum absolute atomic E-state index is 13.9. The summed E-state index contributed by atoms with van der Waals surface area (Å²) < 4.78 is 27.3. The molecule has 0 aliphatic rings. The molecule has 0 aliphatic heterocycles. The van der Waals surface area contributed by atoms with Crippen LogP contribution in [0.4, 0.5) is 8.78 Å². The first-order chi connectivity index (χ1) is 13.9. The van der Waals surface area contributed by atoms with Crippen LogP contribution in [-0.4, -0.2) is 18.0 Å². The van der Waals surface area contributed by atoms with E-state index in [1.165, 1.54) is 11.6 Å². The minimum absolute atomic E-state index is 0.0106. The van der Waals surface area contributed by atoms with E-state index < -0.39 is 17.0 Å². The highest BCUT2D eigenvalue weighted by Gasteiger charge is 2.36. The third-order valence-corrected chi connectivity index (χ3v) is 5.98. The summed E-state index contributed by atoms with van der Waals surface area (Å²) in [5, 5.41) is 10.0. The summed E-state index contributed by atoms with van der Waals surface area (Å²) in [5.74, 6) is -1.79. The fourth-order valence-corrected chi connectivity index (χ4v) is 4.08. The highest BCUT2D eigenvalue weighted by atomic mass is 19.2. The van der Waals surface area contributed by atoms with Crippen LogP contribution in [0.3, 0.4) is 0 Å². The summed E-state index contributed by atoms with van der Waals surface area (Å²) in [7, 11) is 0. The van der Waals surface area contributed by atoms with Gasteiger partial charge in [0.1, 0.15) is 0 Å². The molecule has 0 amide bonds. The summed E-state index contributed by atoms with van der Waals surface area (Å²) in [5.41, 5.74) is 1.01. The lowest BCUT2D eigenvalue weighted by atomic mass is 9.70. The predicted octanol–water partition coefficient (Wildman–Crippen LogP) is 6.64. The number of benzene rings is 2. The van der Waals surface area contributed by atoms with Gasteiger partial charge in [-0.2, -0.15) is 5.26 Å². The van der Waals surface area contributed by atoms with Crippen molar-refractivity contribution < 1.29 is 8.78 Å². The molecule has 0 N–H and O–H groups in total. The van der Waals surface area contributed by atoms with Crippen LogP contribution in [0.5, 0.6) is 0 Å². The van der Waals surface area contributed by atoms with E-state index in [4.69, 9.17) is 0 Å². The summed E-state index contributed by atoms with van der Waals surface area (Å²) >= 11 is 0. The lowest BCUT2D eigenvalue weighted by molar-refractivity contribution is 0.198. The number of nitrogens with zero attached hydrogens (tertiary/aromatic N) is 2. The molecule has 0 aromatic heterocycles. The minimum Gasteiger partial charge on any atom is -0.297 e. The third kappa shape index (κ3) is 5.42. The standard InChI is InChI=1S/C25H32F2N2/c1-5-15-29(20(4)21-10-7-6-8-11-21)16-9-14-25(18-28,19(2)3)22-12-13-23(26)24(27)17-22/h6-8,10-13,17,19-20H,5,9,14-16H2,1-4H3. The maximum atomic E-state index is 13.9. The summed E-state index contributed by atoms with van der Waals surface area (Å²) in [6, 6.07) is 17.0. The minimum atomic E-state index is -0.895. The second kappa shape index (κ2) is 10.5. The van der Waals surface area contributed by atoms with Gasteiger partial charge in [0, 0.05) is 6.04 Å². The van der Waals surface area contributed by atoms with E-state index in [0.717, 1.165) is 32.0 Å². The van der Waals surface area contributed by atoms with E-state index in [1.54, 1.807) is 6.07 Å². The molecule has 2 atom stereocenters. The molecular formula is C25H32F2N2. The molecule has 0 bridgehead atoms. The Hall–Kier alpha value is -2.25. The van der Waals surface area contributed by atoms with Gasteiger partial charge in [-0.1, -0.05) is 57.2 Å². The fraction of sp³-hybridized carbons (Fsp3) is 0.480. The molecule has 0 heterocycles. The van der Waals surface area contributed by atoms with Gasteiger partial charge in [0.2, 0.25) is 0 Å². The molecule has 0 radical (unpaired) electrons. The van der Waals surface area contributed by atoms with E-state index in [1.807, 2.05) is 19.9 Å². The van der Waals surface area contributed by atoms with Crippen molar-refractivity contribution in [1.29, 1.82) is 5.26 Å². The van der Waals surface area contributed by atoms with Gasteiger partial charge in [-0.15, -0.1) is 0 Å². The zero-order chi connectivity index (χ0) is 21.4. The Morgan fingerprint density at radius 3 is 2.24 bits per heavy atom. The fourth-order valence-electron chi connectivity index (χ4n) is 4.08. The molecule has 0 saturated carbocycles. The molecule has 2 aromatic carbocycles. The average Bonchev–Trinajstić information content (AvgIpc) is 2.72. The molecule has 0 saturated heterocycles. The molecule has 2 rings (SSSR count). The van der Waals surface area contributed by atoms with Gasteiger partial charge in [-0.3, -0.25) is 4.90 Å². The van der Waals surface area contributed by atoms with Gasteiger partial charge in [-0.25, -0.2) is 8.78 Å². The Balaban J connectivity index is 2.17. The Morgan fingerprint density at radius 1 is 1.00 bits per heavy atom. The molecule has 29 heavy (non-hydrogen) atoms. The Bertz CT molecular complexity index is 813. The van der Waals surface area contributed by atoms with Crippen LogP contribution in [-0.2, 0) is 5.41 Å². The largest absolute Gasteiger partial charge is 0.297 e. The summed E-state index contributed by atoms with van der Waals surface area (Å²) in [4.78, 5) is 2.43. The van der Waals surface area contributed by atoms with Crippen LogP contribution in [0.2, 0.25) is 0 Å². The van der Waals surface area contributed by atoms with Crippen molar-refractivity contribution in [3.63, 3.8) is 0 Å². The third-order valence-electron chi connectivity index (χ3n) is 5.98. The molecule has 0 fully saturated rings. The first-order valence-electron chi connectivity index (χ1n) is 10.5. The van der Waals surface area contributed by atoms with Gasteiger partial charge in [0.05, 0.1) is 11.5 Å². The SMILES string of the molecule is CCCN(CCCC(C#N)(c1ccc(F)c(F)c1)C(C)C)C(C)c1ccccc1. The monoisotopic (exact) mass is 398 g/mol. The second-order valence-corrected chi connectivity index (χ2v) is 8.09. The molecule has 4 heteroatoms. The first kappa shape index (κ1) is 23.0. The summed E-state index contributed by atoms with van der Waals surface area (Å²) in [6.07, 6.45) is 2.46. The zero-order valence-corrected chi connectivity index (χ0v) is 18.0. The van der Waals surface area contributed by atoms with Crippen molar-refractivity contribution in [2.24, 2.45) is 5.92 Å². The zero-order valence-electron chi connectivity index (χ0n) is 18.0. The second-order valence-electron chi connectivity index (χ2n) is 8.09. The highest BCUT2D eigenvalue weighted by Crippen LogP contribution is 2.37. The van der Waals surface area contributed by atoms with Gasteiger partial charge in [0.25, 0.3) is 0 Å². The van der Waals surface area contributed by atoms with Crippen LogP contribution in [0, 0.1) is 28.9 Å². The molecule has 0 spiro atoms. The topological polar surface area (TPSA) is 27.0 Å². The van der Waals surface area contributed by atoms with Gasteiger partial charge < -0.3 is 0 Å². The van der Waals surface area contributed by atoms with E-state index in [-0.39, 0.29) is 12.0 Å². The first-order valence-corrected chi connectivity index (χ1v) is 10.5. The van der Waals surface area contributed by atoms with Crippen molar-refractivity contribution in [2.45, 2.75) is 58.4 Å². The van der Waals surface area contributed by atoms with E-state index in [0.29, 0.717) is 12.0 Å². The number of nitriles is 1. The predicted molar refractivity (Wildman–Crippen MR) is 114 cm³/mol. The van der Waals surface area contributed by atoms with Crippen molar-refractivity contribution in [2.75, 3.05) is 13.1 Å². The smallest absolute Gasteiger partial charge is 0.159 e. The maximum Gasteiger partial charge on any atom is 0.159 e. The van der Waals surface area contributed by atoms with Crippen LogP contribution in [0.25, 0.3) is 0 Å². The van der Waals surface area contributed by atoms with Gasteiger partial charge in [0.15, 0.2) is 11.6 Å². The van der Waals surface area contributed by atoms with Crippen molar-refractivity contribution in [3.8, 4) is 6.07 Å². The highest BCUT2D eigenvalue weighted by molar-refractivity contribution is 5.34. The summed E-state index contributed by atoms with van der Waals surface area (Å²) in [6.45, 7) is 10.1. The van der Waals surface area contributed by atoms with Crippen molar-refractivity contribution in [1.82, 2.24) is 4.90 Å². The quantitative estimate of drug-likeness (QED) is 0.449. The lowest BCUT2D eigenvalue weighted by Gasteiger charge is -2.34. The number of hydrogen-bond acceptors (Lipinski definition) is 2. The molecule has 2 nitrogen and oxygen atoms in total. The molecule has 2 aromatic rings. The van der Waals surface area contributed by atoms with Gasteiger partial charge in [-0.05, 0) is 68.5 Å². The van der Waals surface area contributed by atoms with Crippen LogP contribution < -0.4 is 0 Å². The van der Waals surface area contributed by atoms with Crippen molar-refractivity contribution in [3.05, 3.63) is 71.3 Å². The Morgan fingerprint density at radius 2 is 1.69 bits per heavy atom. The van der Waals surface area contributed by atoms with E-state index in [2.05, 4.69) is 49.1 Å². The van der Waals surface area contributed by atoms with Crippen LogP contribution in [0.1, 0.15) is 64.1 Å². The average molecular weight is 399 g/mol. The van der Waals surface area contributed by atoms with E-state index >= 15 is 0 Å². The molecule has 156 valence electrons. The normalized spacial score (nSPS) is 14.6. The number of rotatable bonds is 10. The van der Waals surface area contributed by atoms with Gasteiger partial charge >= 0.3 is 0 Å². The molecular weight excluding hydrogens is 366 g/mol. The lowest BCUT2D eigenvalue weighted by Crippen LogP contribution is -2.34. The number of hydrogen-bond donors (Lipinski definition) is 0. The number of halogens is 2. The molecule has 0 aliphatic carbocycles.